The number of nitrogens with one attached hydrogen (secondary N) is 1. The van der Waals surface area contributed by atoms with Crippen molar-refractivity contribution in [3.8, 4) is 0 Å². The van der Waals surface area contributed by atoms with Gasteiger partial charge < -0.3 is 11.1 Å². The number of likely N-dealkylation sites (N-methyl/N-ethyl adjacent to an activating group) is 1. The molecule has 0 rings (SSSR count). The largest absolute Gasteiger partial charge is 0.355 e. The van der Waals surface area contributed by atoms with Gasteiger partial charge >= 0.3 is 0 Å². The van der Waals surface area contributed by atoms with Gasteiger partial charge in [-0.15, -0.1) is 0 Å². The summed E-state index contributed by atoms with van der Waals surface area (Å²) in [5.74, 6) is -0.0719. The van der Waals surface area contributed by atoms with E-state index in [1.165, 1.54) is 0 Å². The molecule has 0 radical (unpaired) electrons. The molecule has 3 heteroatoms. The van der Waals surface area contributed by atoms with E-state index in [-0.39, 0.29) is 11.9 Å². The molecule has 0 aliphatic heterocycles. The van der Waals surface area contributed by atoms with Crippen LogP contribution in [0.2, 0.25) is 0 Å². The van der Waals surface area contributed by atoms with Crippen LogP contribution >= 0.6 is 0 Å². The fourth-order valence-corrected chi connectivity index (χ4v) is 0.667. The van der Waals surface area contributed by atoms with Crippen LogP contribution in [0.3, 0.4) is 0 Å². The first-order chi connectivity index (χ1) is 4.57. The molecular weight excluding hydrogens is 128 g/mol. The number of nitrogens with two attached hydrogens (primary N) is 1. The second-order valence-electron chi connectivity index (χ2n) is 2.29. The first-order valence-electron chi connectivity index (χ1n) is 3.24. The van der Waals surface area contributed by atoms with E-state index in [2.05, 4.69) is 5.32 Å². The summed E-state index contributed by atoms with van der Waals surface area (Å²) in [4.78, 5) is 10.8. The molecule has 0 bridgehead atoms. The SMILES string of the molecule is CNC(=O)C(C)=CC(C)N. The van der Waals surface area contributed by atoms with Crippen LogP contribution in [0.15, 0.2) is 11.6 Å². The van der Waals surface area contributed by atoms with E-state index in [0.717, 1.165) is 0 Å². The first-order valence-corrected chi connectivity index (χ1v) is 3.24. The maximum Gasteiger partial charge on any atom is 0.246 e. The molecule has 0 fully saturated rings. The molecule has 10 heavy (non-hydrogen) atoms. The lowest BCUT2D eigenvalue weighted by molar-refractivity contribution is -0.117. The molecule has 0 aliphatic rings. The number of hydrogen-bond donors (Lipinski definition) is 2. The third kappa shape index (κ3) is 3.25. The van der Waals surface area contributed by atoms with Crippen LogP contribution in [0.5, 0.6) is 0 Å². The van der Waals surface area contributed by atoms with Crippen molar-refractivity contribution in [1.82, 2.24) is 5.32 Å². The van der Waals surface area contributed by atoms with Crippen LogP contribution in [0.4, 0.5) is 0 Å². The molecule has 1 atom stereocenters. The number of amides is 1. The molecule has 3 N–H and O–H groups in total. The summed E-state index contributed by atoms with van der Waals surface area (Å²) in [7, 11) is 1.60. The van der Waals surface area contributed by atoms with Gasteiger partial charge in [-0.25, -0.2) is 0 Å². The first kappa shape index (κ1) is 9.17. The van der Waals surface area contributed by atoms with Gasteiger partial charge in [-0.05, 0) is 13.8 Å². The molecule has 0 heterocycles. The molecule has 0 spiro atoms. The van der Waals surface area contributed by atoms with E-state index in [0.29, 0.717) is 5.57 Å². The Kier molecular flexibility index (Phi) is 3.72. The summed E-state index contributed by atoms with van der Waals surface area (Å²) in [6, 6.07) is -0.0581. The number of carbonyl (C=O) groups excluding carboxylic acids is 1. The van der Waals surface area contributed by atoms with Crippen LogP contribution in [0, 0.1) is 0 Å². The van der Waals surface area contributed by atoms with Gasteiger partial charge in [-0.2, -0.15) is 0 Å². The van der Waals surface area contributed by atoms with Crippen LogP contribution < -0.4 is 11.1 Å². The lowest BCUT2D eigenvalue weighted by Crippen LogP contribution is -2.21. The second-order valence-corrected chi connectivity index (χ2v) is 2.29. The average molecular weight is 142 g/mol. The summed E-state index contributed by atoms with van der Waals surface area (Å²) < 4.78 is 0. The fraction of sp³-hybridized carbons (Fsp3) is 0.571. The lowest BCUT2D eigenvalue weighted by atomic mass is 10.2. The highest BCUT2D eigenvalue weighted by Crippen LogP contribution is 1.92. The Morgan fingerprint density at radius 1 is 1.70 bits per heavy atom. The summed E-state index contributed by atoms with van der Waals surface area (Å²) in [6.07, 6.45) is 1.72. The minimum absolute atomic E-state index is 0.0581. The zero-order valence-electron chi connectivity index (χ0n) is 6.64. The third-order valence-electron chi connectivity index (χ3n) is 1.10. The molecule has 3 nitrogen and oxygen atoms in total. The van der Waals surface area contributed by atoms with Crippen molar-refractivity contribution in [2.45, 2.75) is 19.9 Å². The zero-order valence-corrected chi connectivity index (χ0v) is 6.64. The van der Waals surface area contributed by atoms with E-state index in [1.54, 1.807) is 20.0 Å². The van der Waals surface area contributed by atoms with Gasteiger partial charge in [0.2, 0.25) is 5.91 Å². The van der Waals surface area contributed by atoms with Gasteiger partial charge in [0.05, 0.1) is 0 Å². The Morgan fingerprint density at radius 2 is 2.20 bits per heavy atom. The standard InChI is InChI=1S/C7H14N2O/c1-5(4-6(2)8)7(10)9-3/h4,6H,8H2,1-3H3,(H,9,10). The molecule has 1 amide bonds. The van der Waals surface area contributed by atoms with Gasteiger partial charge in [-0.3, -0.25) is 4.79 Å². The van der Waals surface area contributed by atoms with Crippen molar-refractivity contribution >= 4 is 5.91 Å². The Balaban J connectivity index is 4.05. The predicted octanol–water partition coefficient (Wildman–Crippen LogP) is 0.0259. The average Bonchev–Trinajstić information content (AvgIpc) is 1.85. The molecule has 0 aromatic rings. The van der Waals surface area contributed by atoms with E-state index < -0.39 is 0 Å². The third-order valence-corrected chi connectivity index (χ3v) is 1.10. The quantitative estimate of drug-likeness (QED) is 0.534. The smallest absolute Gasteiger partial charge is 0.246 e. The maximum absolute atomic E-state index is 10.8. The highest BCUT2D eigenvalue weighted by Gasteiger charge is 1.99. The Bertz CT molecular complexity index is 150. The minimum atomic E-state index is -0.0719. The predicted molar refractivity (Wildman–Crippen MR) is 41.5 cm³/mol. The molecule has 0 aromatic heterocycles. The van der Waals surface area contributed by atoms with Gasteiger partial charge in [0.1, 0.15) is 0 Å². The number of rotatable bonds is 2. The second kappa shape index (κ2) is 4.06. The molecular formula is C7H14N2O. The molecule has 0 saturated heterocycles. The molecule has 0 saturated carbocycles. The Morgan fingerprint density at radius 3 is 2.50 bits per heavy atom. The van der Waals surface area contributed by atoms with Crippen molar-refractivity contribution in [3.63, 3.8) is 0 Å². The number of carbonyl (C=O) groups is 1. The van der Waals surface area contributed by atoms with Crippen LogP contribution in [-0.4, -0.2) is 19.0 Å². The zero-order chi connectivity index (χ0) is 8.15. The van der Waals surface area contributed by atoms with E-state index in [4.69, 9.17) is 5.73 Å². The van der Waals surface area contributed by atoms with Crippen molar-refractivity contribution in [3.05, 3.63) is 11.6 Å². The fourth-order valence-electron chi connectivity index (χ4n) is 0.667. The van der Waals surface area contributed by atoms with Gasteiger partial charge in [0, 0.05) is 18.7 Å². The molecule has 0 aromatic carbocycles. The summed E-state index contributed by atoms with van der Waals surface area (Å²) in [5, 5.41) is 2.51. The maximum atomic E-state index is 10.8. The summed E-state index contributed by atoms with van der Waals surface area (Å²) in [6.45, 7) is 3.56. The van der Waals surface area contributed by atoms with Crippen molar-refractivity contribution in [2.24, 2.45) is 5.73 Å². The lowest BCUT2D eigenvalue weighted by Gasteiger charge is -2.00. The minimum Gasteiger partial charge on any atom is -0.355 e. The van der Waals surface area contributed by atoms with Gasteiger partial charge in [0.15, 0.2) is 0 Å². The highest BCUT2D eigenvalue weighted by molar-refractivity contribution is 5.92. The molecule has 0 aliphatic carbocycles. The van der Waals surface area contributed by atoms with Crippen molar-refractivity contribution in [2.75, 3.05) is 7.05 Å². The van der Waals surface area contributed by atoms with Crippen LogP contribution in [0.1, 0.15) is 13.8 Å². The molecule has 58 valence electrons. The number of hydrogen-bond acceptors (Lipinski definition) is 2. The Hall–Kier alpha value is -0.830. The highest BCUT2D eigenvalue weighted by atomic mass is 16.1. The van der Waals surface area contributed by atoms with Crippen molar-refractivity contribution in [1.29, 1.82) is 0 Å². The van der Waals surface area contributed by atoms with E-state index in [1.807, 2.05) is 6.92 Å². The summed E-state index contributed by atoms with van der Waals surface area (Å²) >= 11 is 0. The van der Waals surface area contributed by atoms with Gasteiger partial charge in [0.25, 0.3) is 0 Å². The Labute approximate surface area is 61.3 Å². The monoisotopic (exact) mass is 142 g/mol. The van der Waals surface area contributed by atoms with Gasteiger partial charge in [-0.1, -0.05) is 6.08 Å². The topological polar surface area (TPSA) is 55.1 Å². The van der Waals surface area contributed by atoms with E-state index >= 15 is 0 Å². The van der Waals surface area contributed by atoms with E-state index in [9.17, 15) is 4.79 Å². The molecule has 1 unspecified atom stereocenters. The summed E-state index contributed by atoms with van der Waals surface area (Å²) in [5.41, 5.74) is 6.09. The van der Waals surface area contributed by atoms with Crippen LogP contribution in [-0.2, 0) is 4.79 Å². The normalized spacial score (nSPS) is 14.6. The van der Waals surface area contributed by atoms with Crippen LogP contribution in [0.25, 0.3) is 0 Å². The van der Waals surface area contributed by atoms with Crippen molar-refractivity contribution < 1.29 is 4.79 Å².